The van der Waals surface area contributed by atoms with Gasteiger partial charge in [0.2, 0.25) is 0 Å². The molecule has 1 aliphatic rings. The van der Waals surface area contributed by atoms with Gasteiger partial charge in [-0.05, 0) is 69.1 Å². The van der Waals surface area contributed by atoms with Gasteiger partial charge in [0.25, 0.3) is 0 Å². The second-order valence-electron chi connectivity index (χ2n) is 7.71. The molecule has 2 atom stereocenters. The topological polar surface area (TPSA) is 36.3 Å². The zero-order valence-electron chi connectivity index (χ0n) is 17.1. The van der Waals surface area contributed by atoms with Crippen molar-refractivity contribution in [3.05, 3.63) is 83.9 Å². The first kappa shape index (κ1) is 19.6. The molecule has 4 rings (SSSR count). The van der Waals surface area contributed by atoms with Crippen molar-refractivity contribution in [2.75, 3.05) is 27.2 Å². The summed E-state index contributed by atoms with van der Waals surface area (Å²) in [6.45, 7) is 3.93. The third-order valence-electron chi connectivity index (χ3n) is 5.44. The largest absolute Gasteiger partial charge is 0.352 e. The molecule has 1 aliphatic heterocycles. The van der Waals surface area contributed by atoms with Gasteiger partial charge in [-0.15, -0.1) is 0 Å². The molecule has 0 bridgehead atoms. The molecule has 0 spiro atoms. The van der Waals surface area contributed by atoms with E-state index in [1.807, 2.05) is 18.3 Å². The maximum Gasteiger partial charge on any atom is 0.170 e. The third-order valence-corrected chi connectivity index (χ3v) is 5.80. The minimum absolute atomic E-state index is 0.00327. The Labute approximate surface area is 178 Å². The number of hydrogen-bond acceptors (Lipinski definition) is 3. The van der Waals surface area contributed by atoms with Crippen LogP contribution in [0, 0.1) is 6.92 Å². The van der Waals surface area contributed by atoms with Crippen LogP contribution in [0.15, 0.2) is 67.0 Å². The van der Waals surface area contributed by atoms with Crippen LogP contribution < -0.4 is 5.32 Å². The van der Waals surface area contributed by atoms with E-state index in [9.17, 15) is 0 Å². The van der Waals surface area contributed by atoms with Crippen LogP contribution in [0.2, 0.25) is 0 Å². The lowest BCUT2D eigenvalue weighted by molar-refractivity contribution is 0.272. The Kier molecular flexibility index (Phi) is 5.65. The van der Waals surface area contributed by atoms with Gasteiger partial charge in [0.1, 0.15) is 0 Å². The maximum atomic E-state index is 5.77. The summed E-state index contributed by atoms with van der Waals surface area (Å²) in [6.07, 6.45) is 3.98. The van der Waals surface area contributed by atoms with Gasteiger partial charge in [-0.2, -0.15) is 0 Å². The molecule has 1 aromatic carbocycles. The van der Waals surface area contributed by atoms with E-state index in [4.69, 9.17) is 12.2 Å². The number of benzene rings is 1. The van der Waals surface area contributed by atoms with E-state index in [-0.39, 0.29) is 12.1 Å². The minimum atomic E-state index is 0.00327. The van der Waals surface area contributed by atoms with Gasteiger partial charge in [0.05, 0.1) is 17.8 Å². The average molecular weight is 406 g/mol. The van der Waals surface area contributed by atoms with Crippen LogP contribution >= 0.6 is 12.2 Å². The molecule has 0 radical (unpaired) electrons. The molecule has 5 nitrogen and oxygen atoms in total. The first-order valence-electron chi connectivity index (χ1n) is 9.92. The molecule has 29 heavy (non-hydrogen) atoms. The van der Waals surface area contributed by atoms with Gasteiger partial charge < -0.3 is 19.7 Å². The summed E-state index contributed by atoms with van der Waals surface area (Å²) in [7, 11) is 4.18. The van der Waals surface area contributed by atoms with Gasteiger partial charge in [0.15, 0.2) is 5.11 Å². The summed E-state index contributed by atoms with van der Waals surface area (Å²) < 4.78 is 2.29. The summed E-state index contributed by atoms with van der Waals surface area (Å²) in [5.74, 6) is 0. The first-order valence-corrected chi connectivity index (χ1v) is 10.3. The van der Waals surface area contributed by atoms with Crippen LogP contribution in [0.4, 0.5) is 0 Å². The number of aromatic nitrogens is 2. The Morgan fingerprint density at radius 3 is 2.59 bits per heavy atom. The lowest BCUT2D eigenvalue weighted by Crippen LogP contribution is -2.36. The van der Waals surface area contributed by atoms with Crippen LogP contribution in [0.1, 0.15) is 29.0 Å². The fraction of sp³-hybridized carbons (Fsp3) is 0.304. The molecule has 3 heterocycles. The zero-order chi connectivity index (χ0) is 20.4. The third kappa shape index (κ3) is 3.91. The molecule has 0 aliphatic carbocycles. The van der Waals surface area contributed by atoms with Gasteiger partial charge in [-0.3, -0.25) is 4.98 Å². The molecular formula is C23H27N5S. The van der Waals surface area contributed by atoms with Crippen molar-refractivity contribution in [1.82, 2.24) is 24.7 Å². The quantitative estimate of drug-likeness (QED) is 0.633. The Bertz CT molecular complexity index is 982. The van der Waals surface area contributed by atoms with Gasteiger partial charge in [-0.1, -0.05) is 24.3 Å². The number of thiocarbonyl (C=S) groups is 1. The summed E-state index contributed by atoms with van der Waals surface area (Å²) in [6, 6.07) is 18.9. The van der Waals surface area contributed by atoms with Crippen LogP contribution in [-0.2, 0) is 0 Å². The van der Waals surface area contributed by atoms with E-state index >= 15 is 0 Å². The highest BCUT2D eigenvalue weighted by Crippen LogP contribution is 2.39. The van der Waals surface area contributed by atoms with Crippen molar-refractivity contribution in [2.24, 2.45) is 0 Å². The number of aryl methyl sites for hydroxylation is 1. The average Bonchev–Trinajstić information content (AvgIpc) is 3.31. The SMILES string of the molecule is Cc1ccccc1-n1cccc1[C@@H]1[C@@H](c2ccccn2)NC(=S)N1CCN(C)C. The van der Waals surface area contributed by atoms with Gasteiger partial charge in [0, 0.05) is 36.9 Å². The van der Waals surface area contributed by atoms with Gasteiger partial charge >= 0.3 is 0 Å². The molecule has 6 heteroatoms. The predicted molar refractivity (Wildman–Crippen MR) is 121 cm³/mol. The van der Waals surface area contributed by atoms with Crippen molar-refractivity contribution in [1.29, 1.82) is 0 Å². The molecule has 3 aromatic rings. The van der Waals surface area contributed by atoms with Crippen LogP contribution in [0.25, 0.3) is 5.69 Å². The molecule has 0 saturated carbocycles. The van der Waals surface area contributed by atoms with E-state index in [2.05, 4.69) is 94.3 Å². The molecule has 2 aromatic heterocycles. The number of rotatable bonds is 6. The number of hydrogen-bond donors (Lipinski definition) is 1. The van der Waals surface area contributed by atoms with Crippen LogP contribution in [-0.4, -0.2) is 51.6 Å². The molecule has 150 valence electrons. The monoisotopic (exact) mass is 405 g/mol. The Hall–Kier alpha value is -2.70. The standard InChI is InChI=1S/C23H27N5S/c1-17-9-4-5-11-19(17)27-14-8-12-20(27)22-21(18-10-6-7-13-24-18)25-23(29)28(22)16-15-26(2)3/h4-14,21-22H,15-16H2,1-3H3,(H,25,29)/t21-,22-/m1/s1. The lowest BCUT2D eigenvalue weighted by Gasteiger charge is -2.30. The highest BCUT2D eigenvalue weighted by molar-refractivity contribution is 7.80. The van der Waals surface area contributed by atoms with E-state index in [1.54, 1.807) is 0 Å². The molecule has 1 fully saturated rings. The molecule has 1 N–H and O–H groups in total. The van der Waals surface area contributed by atoms with Crippen molar-refractivity contribution >= 4 is 17.3 Å². The van der Waals surface area contributed by atoms with Crippen molar-refractivity contribution in [3.8, 4) is 5.69 Å². The zero-order valence-corrected chi connectivity index (χ0v) is 17.9. The van der Waals surface area contributed by atoms with Crippen LogP contribution in [0.5, 0.6) is 0 Å². The Morgan fingerprint density at radius 2 is 1.86 bits per heavy atom. The second-order valence-corrected chi connectivity index (χ2v) is 8.10. The van der Waals surface area contributed by atoms with Crippen molar-refractivity contribution in [3.63, 3.8) is 0 Å². The fourth-order valence-electron chi connectivity index (χ4n) is 3.96. The first-order chi connectivity index (χ1) is 14.1. The maximum absolute atomic E-state index is 5.77. The minimum Gasteiger partial charge on any atom is -0.352 e. The van der Waals surface area contributed by atoms with E-state index in [1.165, 1.54) is 16.9 Å². The molecule has 1 saturated heterocycles. The van der Waals surface area contributed by atoms with E-state index in [0.29, 0.717) is 0 Å². The number of nitrogens with zero attached hydrogens (tertiary/aromatic N) is 4. The Balaban J connectivity index is 1.79. The highest BCUT2D eigenvalue weighted by Gasteiger charge is 2.41. The number of likely N-dealkylation sites (N-methyl/N-ethyl adjacent to an activating group) is 1. The van der Waals surface area contributed by atoms with E-state index in [0.717, 1.165) is 23.9 Å². The summed E-state index contributed by atoms with van der Waals surface area (Å²) in [5.41, 5.74) is 4.65. The van der Waals surface area contributed by atoms with E-state index < -0.39 is 0 Å². The normalized spacial score (nSPS) is 19.0. The lowest BCUT2D eigenvalue weighted by atomic mass is 10.0. The summed E-state index contributed by atoms with van der Waals surface area (Å²) in [4.78, 5) is 9.13. The number of pyridine rings is 1. The van der Waals surface area contributed by atoms with Crippen molar-refractivity contribution < 1.29 is 0 Å². The molecule has 0 amide bonds. The van der Waals surface area contributed by atoms with Crippen molar-refractivity contribution in [2.45, 2.75) is 19.0 Å². The molecule has 0 unspecified atom stereocenters. The number of para-hydroxylation sites is 1. The molecular weight excluding hydrogens is 378 g/mol. The van der Waals surface area contributed by atoms with Gasteiger partial charge in [-0.25, -0.2) is 0 Å². The Morgan fingerprint density at radius 1 is 1.07 bits per heavy atom. The second kappa shape index (κ2) is 8.35. The highest BCUT2D eigenvalue weighted by atomic mass is 32.1. The fourth-order valence-corrected chi connectivity index (χ4v) is 4.30. The summed E-state index contributed by atoms with van der Waals surface area (Å²) in [5, 5.41) is 4.32. The predicted octanol–water partition coefficient (Wildman–Crippen LogP) is 3.71. The smallest absolute Gasteiger partial charge is 0.170 e. The van der Waals surface area contributed by atoms with Crippen LogP contribution in [0.3, 0.4) is 0 Å². The number of nitrogens with one attached hydrogen (secondary N) is 1. The summed E-state index contributed by atoms with van der Waals surface area (Å²) >= 11 is 5.77.